The topological polar surface area (TPSA) is 107 Å². The molecular formula is C21H25N5O3. The Morgan fingerprint density at radius 2 is 1.93 bits per heavy atom. The van der Waals surface area contributed by atoms with E-state index in [1.165, 1.54) is 0 Å². The van der Waals surface area contributed by atoms with E-state index >= 15 is 0 Å². The lowest BCUT2D eigenvalue weighted by Crippen LogP contribution is -2.54. The molecule has 2 aliphatic heterocycles. The number of amides is 4. The molecule has 2 aromatic rings. The zero-order valence-electron chi connectivity index (χ0n) is 16.8. The fourth-order valence-corrected chi connectivity index (χ4v) is 4.25. The number of nitrogens with zero attached hydrogens (tertiary/aromatic N) is 2. The van der Waals surface area contributed by atoms with E-state index in [1.54, 1.807) is 11.8 Å². The van der Waals surface area contributed by atoms with Gasteiger partial charge in [-0.15, -0.1) is 0 Å². The van der Waals surface area contributed by atoms with Crippen LogP contribution in [0.4, 0.5) is 4.79 Å². The summed E-state index contributed by atoms with van der Waals surface area (Å²) in [5.74, 6) is 0.266. The number of hydrogen-bond donors (Lipinski definition) is 3. The molecule has 1 aromatic heterocycles. The predicted octanol–water partition coefficient (Wildman–Crippen LogP) is 2.14. The highest BCUT2D eigenvalue weighted by Gasteiger charge is 2.48. The molecule has 8 nitrogen and oxygen atoms in total. The highest BCUT2D eigenvalue weighted by atomic mass is 16.2. The molecule has 0 aliphatic carbocycles. The molecule has 3 heterocycles. The van der Waals surface area contributed by atoms with Crippen molar-refractivity contribution in [3.8, 4) is 11.4 Å². The Morgan fingerprint density at radius 1 is 1.21 bits per heavy atom. The average molecular weight is 395 g/mol. The average Bonchev–Trinajstić information content (AvgIpc) is 3.21. The molecule has 0 bridgehead atoms. The molecule has 2 saturated heterocycles. The Kier molecular flexibility index (Phi) is 4.64. The van der Waals surface area contributed by atoms with E-state index in [2.05, 4.69) is 20.6 Å². The van der Waals surface area contributed by atoms with Gasteiger partial charge in [0.15, 0.2) is 0 Å². The first-order valence-corrected chi connectivity index (χ1v) is 9.84. The van der Waals surface area contributed by atoms with Gasteiger partial charge in [0.2, 0.25) is 0 Å². The second-order valence-electron chi connectivity index (χ2n) is 8.11. The molecule has 1 aromatic carbocycles. The van der Waals surface area contributed by atoms with Crippen molar-refractivity contribution in [2.45, 2.75) is 39.2 Å². The van der Waals surface area contributed by atoms with Crippen molar-refractivity contribution < 1.29 is 14.4 Å². The van der Waals surface area contributed by atoms with Gasteiger partial charge in [-0.3, -0.25) is 14.9 Å². The van der Waals surface area contributed by atoms with Gasteiger partial charge in [-0.05, 0) is 45.6 Å². The molecule has 1 atom stereocenters. The number of hydrogen-bond acceptors (Lipinski definition) is 4. The number of aromatic amines is 1. The molecule has 4 rings (SSSR count). The summed E-state index contributed by atoms with van der Waals surface area (Å²) in [5.41, 5.74) is 2.33. The summed E-state index contributed by atoms with van der Waals surface area (Å²) >= 11 is 0. The minimum atomic E-state index is -0.910. The Bertz CT molecular complexity index is 990. The number of likely N-dealkylation sites (tertiary alicyclic amines) is 1. The lowest BCUT2D eigenvalue weighted by atomic mass is 9.79. The van der Waals surface area contributed by atoms with Gasteiger partial charge in [0.1, 0.15) is 17.1 Å². The third kappa shape index (κ3) is 3.39. The molecule has 0 spiro atoms. The number of aromatic nitrogens is 2. The van der Waals surface area contributed by atoms with Gasteiger partial charge >= 0.3 is 6.03 Å². The molecule has 2 aliphatic rings. The number of imide groups is 1. The maximum atomic E-state index is 13.1. The summed E-state index contributed by atoms with van der Waals surface area (Å²) in [6.45, 7) is 6.67. The van der Waals surface area contributed by atoms with Crippen molar-refractivity contribution >= 4 is 17.8 Å². The van der Waals surface area contributed by atoms with Crippen molar-refractivity contribution in [2.75, 3.05) is 13.1 Å². The van der Waals surface area contributed by atoms with E-state index in [1.807, 2.05) is 38.1 Å². The summed E-state index contributed by atoms with van der Waals surface area (Å²) in [7, 11) is 0. The monoisotopic (exact) mass is 395 g/mol. The molecule has 3 N–H and O–H groups in total. The molecule has 29 heavy (non-hydrogen) atoms. The van der Waals surface area contributed by atoms with Crippen LogP contribution in [0.5, 0.6) is 0 Å². The zero-order chi connectivity index (χ0) is 20.8. The number of rotatable bonds is 3. The van der Waals surface area contributed by atoms with E-state index < -0.39 is 11.6 Å². The molecule has 8 heteroatoms. The predicted molar refractivity (Wildman–Crippen MR) is 107 cm³/mol. The maximum absolute atomic E-state index is 13.1. The smallest absolute Gasteiger partial charge is 0.322 e. The second kappa shape index (κ2) is 7.02. The number of nitrogens with one attached hydrogen (secondary N) is 3. The first kappa shape index (κ1) is 19.2. The zero-order valence-corrected chi connectivity index (χ0v) is 16.8. The largest absolute Gasteiger partial charge is 0.341 e. The number of carbonyl (C=O) groups is 3. The summed E-state index contributed by atoms with van der Waals surface area (Å²) < 4.78 is 0. The summed E-state index contributed by atoms with van der Waals surface area (Å²) in [6.07, 6.45) is 1.29. The van der Waals surface area contributed by atoms with Crippen molar-refractivity contribution in [3.63, 3.8) is 0 Å². The van der Waals surface area contributed by atoms with Crippen LogP contribution in [-0.4, -0.2) is 51.3 Å². The first-order chi connectivity index (χ1) is 13.8. The van der Waals surface area contributed by atoms with E-state index in [9.17, 15) is 14.4 Å². The highest BCUT2D eigenvalue weighted by Crippen LogP contribution is 2.31. The normalized spacial score (nSPS) is 22.5. The highest BCUT2D eigenvalue weighted by molar-refractivity contribution is 6.07. The van der Waals surface area contributed by atoms with Crippen LogP contribution in [-0.2, 0) is 4.79 Å². The van der Waals surface area contributed by atoms with E-state index in [-0.39, 0.29) is 17.7 Å². The number of imidazole rings is 1. The van der Waals surface area contributed by atoms with Gasteiger partial charge in [0.05, 0.1) is 0 Å². The van der Waals surface area contributed by atoms with Crippen LogP contribution in [0.1, 0.15) is 41.5 Å². The van der Waals surface area contributed by atoms with Crippen LogP contribution in [0.3, 0.4) is 0 Å². The molecular weight excluding hydrogens is 370 g/mol. The number of piperidine rings is 1. The lowest BCUT2D eigenvalue weighted by molar-refractivity contribution is -0.125. The second-order valence-corrected chi connectivity index (χ2v) is 8.11. The fraction of sp³-hybridized carbons (Fsp3) is 0.429. The van der Waals surface area contributed by atoms with Crippen molar-refractivity contribution in [1.29, 1.82) is 0 Å². The van der Waals surface area contributed by atoms with Crippen LogP contribution < -0.4 is 10.6 Å². The third-order valence-electron chi connectivity index (χ3n) is 6.05. The van der Waals surface area contributed by atoms with E-state index in [4.69, 9.17) is 0 Å². The van der Waals surface area contributed by atoms with Gasteiger partial charge in [-0.1, -0.05) is 23.8 Å². The van der Waals surface area contributed by atoms with Gasteiger partial charge in [-0.25, -0.2) is 9.78 Å². The number of carbonyl (C=O) groups excluding carboxylic acids is 3. The number of benzene rings is 1. The van der Waals surface area contributed by atoms with Crippen LogP contribution in [0.25, 0.3) is 11.4 Å². The SMILES string of the molecule is Cc1cccc(-c2nc(C(=O)N3CCC(C4(C)NC(=O)NC4=O)CC3)c(C)[nH]2)c1. The van der Waals surface area contributed by atoms with Crippen molar-refractivity contribution in [1.82, 2.24) is 25.5 Å². The lowest BCUT2D eigenvalue weighted by Gasteiger charge is -2.38. The summed E-state index contributed by atoms with van der Waals surface area (Å²) in [5, 5.41) is 5.05. The van der Waals surface area contributed by atoms with Crippen molar-refractivity contribution in [3.05, 3.63) is 41.2 Å². The molecule has 1 unspecified atom stereocenters. The Labute approximate surface area is 169 Å². The summed E-state index contributed by atoms with van der Waals surface area (Å²) in [6, 6.07) is 7.52. The Morgan fingerprint density at radius 3 is 2.55 bits per heavy atom. The molecule has 4 amide bonds. The summed E-state index contributed by atoms with van der Waals surface area (Å²) in [4.78, 5) is 46.3. The molecule has 2 fully saturated rings. The van der Waals surface area contributed by atoms with Crippen LogP contribution in [0.15, 0.2) is 24.3 Å². The van der Waals surface area contributed by atoms with E-state index in [0.717, 1.165) is 16.8 Å². The van der Waals surface area contributed by atoms with Gasteiger partial charge in [0.25, 0.3) is 11.8 Å². The third-order valence-corrected chi connectivity index (χ3v) is 6.05. The standard InChI is InChI=1S/C21H25N5O3/c1-12-5-4-6-14(11-12)17-22-13(2)16(23-17)18(27)26-9-7-15(8-10-26)21(3)19(28)24-20(29)25-21/h4-6,11,15H,7-10H2,1-3H3,(H,22,23)(H2,24,25,28,29). The number of urea groups is 1. The minimum Gasteiger partial charge on any atom is -0.341 e. The van der Waals surface area contributed by atoms with Crippen LogP contribution in [0, 0.1) is 19.8 Å². The quantitative estimate of drug-likeness (QED) is 0.692. The Balaban J connectivity index is 1.47. The molecule has 0 saturated carbocycles. The maximum Gasteiger partial charge on any atom is 0.322 e. The van der Waals surface area contributed by atoms with Crippen LogP contribution in [0.2, 0.25) is 0 Å². The van der Waals surface area contributed by atoms with Gasteiger partial charge in [0, 0.05) is 24.3 Å². The van der Waals surface area contributed by atoms with Gasteiger partial charge < -0.3 is 15.2 Å². The van der Waals surface area contributed by atoms with Crippen LogP contribution >= 0.6 is 0 Å². The Hall–Kier alpha value is -3.16. The number of H-pyrrole nitrogens is 1. The van der Waals surface area contributed by atoms with Crippen molar-refractivity contribution in [2.24, 2.45) is 5.92 Å². The fourth-order valence-electron chi connectivity index (χ4n) is 4.25. The number of aryl methyl sites for hydroxylation is 2. The first-order valence-electron chi connectivity index (χ1n) is 9.84. The molecule has 0 radical (unpaired) electrons. The van der Waals surface area contributed by atoms with E-state index in [0.29, 0.717) is 37.4 Å². The molecule has 152 valence electrons. The van der Waals surface area contributed by atoms with Gasteiger partial charge in [-0.2, -0.15) is 0 Å². The minimum absolute atomic E-state index is 0.0128.